The van der Waals surface area contributed by atoms with Crippen LogP contribution in [0.4, 0.5) is 4.39 Å². The molecule has 0 radical (unpaired) electrons. The van der Waals surface area contributed by atoms with Crippen LogP contribution >= 0.6 is 0 Å². The molecular formula is C20H21FN2O2. The molecule has 4 nitrogen and oxygen atoms in total. The van der Waals surface area contributed by atoms with E-state index in [0.29, 0.717) is 18.7 Å². The van der Waals surface area contributed by atoms with Crippen LogP contribution < -0.4 is 0 Å². The molecular weight excluding hydrogens is 319 g/mol. The van der Waals surface area contributed by atoms with Crippen LogP contribution in [-0.4, -0.2) is 41.1 Å². The van der Waals surface area contributed by atoms with E-state index >= 15 is 0 Å². The SMILES string of the molecule is O=C(c1cncc(-c2ccc(F)cc2)c1)N1CCO[C@@H]2CCCC[C@H]21. The first-order valence-electron chi connectivity index (χ1n) is 8.86. The van der Waals surface area contributed by atoms with Crippen LogP contribution in [0.3, 0.4) is 0 Å². The van der Waals surface area contributed by atoms with Crippen LogP contribution in [0, 0.1) is 5.82 Å². The first-order chi connectivity index (χ1) is 12.2. The number of benzene rings is 1. The highest BCUT2D eigenvalue weighted by Crippen LogP contribution is 2.30. The maximum Gasteiger partial charge on any atom is 0.255 e. The second-order valence-corrected chi connectivity index (χ2v) is 6.73. The minimum Gasteiger partial charge on any atom is -0.374 e. The zero-order valence-electron chi connectivity index (χ0n) is 14.0. The Bertz CT molecular complexity index is 761. The van der Waals surface area contributed by atoms with Crippen molar-refractivity contribution in [3.63, 3.8) is 0 Å². The molecule has 2 aliphatic rings. The lowest BCUT2D eigenvalue weighted by atomic mass is 9.89. The number of halogens is 1. The van der Waals surface area contributed by atoms with E-state index in [9.17, 15) is 9.18 Å². The minimum absolute atomic E-state index is 0.0108. The predicted octanol–water partition coefficient (Wildman–Crippen LogP) is 3.67. The average molecular weight is 340 g/mol. The van der Waals surface area contributed by atoms with Gasteiger partial charge >= 0.3 is 0 Å². The number of ether oxygens (including phenoxy) is 1. The van der Waals surface area contributed by atoms with Gasteiger partial charge in [0.15, 0.2) is 0 Å². The molecule has 1 aliphatic carbocycles. The zero-order valence-corrected chi connectivity index (χ0v) is 14.0. The Kier molecular flexibility index (Phi) is 4.49. The van der Waals surface area contributed by atoms with Gasteiger partial charge in [0, 0.05) is 24.5 Å². The number of aromatic nitrogens is 1. The monoisotopic (exact) mass is 340 g/mol. The van der Waals surface area contributed by atoms with Gasteiger partial charge in [-0.2, -0.15) is 0 Å². The molecule has 2 fully saturated rings. The topological polar surface area (TPSA) is 42.4 Å². The van der Waals surface area contributed by atoms with Crippen molar-refractivity contribution in [3.05, 3.63) is 54.1 Å². The smallest absolute Gasteiger partial charge is 0.255 e. The Labute approximate surface area is 146 Å². The summed E-state index contributed by atoms with van der Waals surface area (Å²) in [5.41, 5.74) is 2.24. The van der Waals surface area contributed by atoms with Crippen molar-refractivity contribution in [2.24, 2.45) is 0 Å². The van der Waals surface area contributed by atoms with Crippen LogP contribution in [0.5, 0.6) is 0 Å². The van der Waals surface area contributed by atoms with Crippen molar-refractivity contribution in [2.45, 2.75) is 37.8 Å². The van der Waals surface area contributed by atoms with Crippen LogP contribution in [-0.2, 0) is 4.74 Å². The molecule has 1 amide bonds. The van der Waals surface area contributed by atoms with Gasteiger partial charge in [0.25, 0.3) is 5.91 Å². The predicted molar refractivity (Wildman–Crippen MR) is 92.7 cm³/mol. The third-order valence-electron chi connectivity index (χ3n) is 5.16. The highest BCUT2D eigenvalue weighted by atomic mass is 19.1. The lowest BCUT2D eigenvalue weighted by Gasteiger charge is -2.43. The van der Waals surface area contributed by atoms with Crippen LogP contribution in [0.2, 0.25) is 0 Å². The van der Waals surface area contributed by atoms with E-state index in [-0.39, 0.29) is 23.9 Å². The van der Waals surface area contributed by atoms with Gasteiger partial charge < -0.3 is 9.64 Å². The third-order valence-corrected chi connectivity index (χ3v) is 5.16. The molecule has 130 valence electrons. The zero-order chi connectivity index (χ0) is 17.2. The molecule has 1 aliphatic heterocycles. The highest BCUT2D eigenvalue weighted by molar-refractivity contribution is 5.95. The van der Waals surface area contributed by atoms with Gasteiger partial charge in [-0.1, -0.05) is 25.0 Å². The van der Waals surface area contributed by atoms with Crippen molar-refractivity contribution in [2.75, 3.05) is 13.2 Å². The van der Waals surface area contributed by atoms with E-state index in [4.69, 9.17) is 4.74 Å². The summed E-state index contributed by atoms with van der Waals surface area (Å²) in [5, 5.41) is 0. The molecule has 1 saturated heterocycles. The summed E-state index contributed by atoms with van der Waals surface area (Å²) in [7, 11) is 0. The Morgan fingerprint density at radius 1 is 1.12 bits per heavy atom. The summed E-state index contributed by atoms with van der Waals surface area (Å²) in [5.74, 6) is -0.266. The maximum atomic E-state index is 13.1. The molecule has 1 aromatic carbocycles. The number of rotatable bonds is 2. The van der Waals surface area contributed by atoms with E-state index < -0.39 is 0 Å². The van der Waals surface area contributed by atoms with Gasteiger partial charge in [-0.15, -0.1) is 0 Å². The summed E-state index contributed by atoms with van der Waals surface area (Å²) < 4.78 is 19.0. The maximum absolute atomic E-state index is 13.1. The van der Waals surface area contributed by atoms with Gasteiger partial charge in [0.2, 0.25) is 0 Å². The lowest BCUT2D eigenvalue weighted by molar-refractivity contribution is -0.0752. The Morgan fingerprint density at radius 3 is 2.76 bits per heavy atom. The van der Waals surface area contributed by atoms with Gasteiger partial charge in [0.05, 0.1) is 24.3 Å². The lowest BCUT2D eigenvalue weighted by Crippen LogP contribution is -2.54. The summed E-state index contributed by atoms with van der Waals surface area (Å²) in [6.45, 7) is 1.22. The van der Waals surface area contributed by atoms with Crippen LogP contribution in [0.15, 0.2) is 42.7 Å². The molecule has 0 spiro atoms. The number of amides is 1. The second kappa shape index (κ2) is 6.92. The number of carbonyl (C=O) groups excluding carboxylic acids is 1. The molecule has 4 rings (SSSR count). The van der Waals surface area contributed by atoms with Crippen LogP contribution in [0.25, 0.3) is 11.1 Å². The number of fused-ring (bicyclic) bond motifs is 1. The molecule has 1 aromatic heterocycles. The first kappa shape index (κ1) is 16.2. The number of morpholine rings is 1. The van der Waals surface area contributed by atoms with Crippen molar-refractivity contribution < 1.29 is 13.9 Å². The average Bonchev–Trinajstić information content (AvgIpc) is 2.68. The van der Waals surface area contributed by atoms with E-state index in [1.807, 2.05) is 11.0 Å². The van der Waals surface area contributed by atoms with E-state index in [0.717, 1.165) is 30.4 Å². The Hall–Kier alpha value is -2.27. The molecule has 2 heterocycles. The Balaban J connectivity index is 1.59. The molecule has 0 unspecified atom stereocenters. The molecule has 0 N–H and O–H groups in total. The summed E-state index contributed by atoms with van der Waals surface area (Å²) >= 11 is 0. The molecule has 2 atom stereocenters. The Morgan fingerprint density at radius 2 is 1.92 bits per heavy atom. The molecule has 5 heteroatoms. The fourth-order valence-electron chi connectivity index (χ4n) is 3.87. The van der Waals surface area contributed by atoms with Gasteiger partial charge in [-0.3, -0.25) is 9.78 Å². The summed E-state index contributed by atoms with van der Waals surface area (Å²) in [4.78, 5) is 19.3. The summed E-state index contributed by atoms with van der Waals surface area (Å²) in [6, 6.07) is 8.25. The van der Waals surface area contributed by atoms with Crippen LogP contribution in [0.1, 0.15) is 36.0 Å². The molecule has 25 heavy (non-hydrogen) atoms. The number of nitrogens with zero attached hydrogens (tertiary/aromatic N) is 2. The van der Waals surface area contributed by atoms with Gasteiger partial charge in [-0.05, 0) is 36.6 Å². The van der Waals surface area contributed by atoms with Crippen molar-refractivity contribution in [3.8, 4) is 11.1 Å². The fraction of sp³-hybridized carbons (Fsp3) is 0.400. The number of hydrogen-bond donors (Lipinski definition) is 0. The normalized spacial score (nSPS) is 23.2. The van der Waals surface area contributed by atoms with Crippen molar-refractivity contribution >= 4 is 5.91 Å². The molecule has 0 bridgehead atoms. The second-order valence-electron chi connectivity index (χ2n) is 6.73. The molecule has 2 aromatic rings. The van der Waals surface area contributed by atoms with Crippen molar-refractivity contribution in [1.82, 2.24) is 9.88 Å². The van der Waals surface area contributed by atoms with Gasteiger partial charge in [-0.25, -0.2) is 4.39 Å². The number of pyridine rings is 1. The standard InChI is InChI=1S/C20H21FN2O2/c21-17-7-5-14(6-8-17)15-11-16(13-22-12-15)20(24)23-9-10-25-19-4-2-1-3-18(19)23/h5-8,11-13,18-19H,1-4,9-10H2/t18-,19-/m1/s1. The number of carbonyl (C=O) groups is 1. The van der Waals surface area contributed by atoms with Crippen molar-refractivity contribution in [1.29, 1.82) is 0 Å². The fourth-order valence-corrected chi connectivity index (χ4v) is 3.87. The summed E-state index contributed by atoms with van der Waals surface area (Å²) in [6.07, 6.45) is 7.83. The largest absolute Gasteiger partial charge is 0.374 e. The van der Waals surface area contributed by atoms with E-state index in [2.05, 4.69) is 4.98 Å². The first-order valence-corrected chi connectivity index (χ1v) is 8.86. The highest BCUT2D eigenvalue weighted by Gasteiger charge is 2.37. The minimum atomic E-state index is -0.277. The number of hydrogen-bond acceptors (Lipinski definition) is 3. The van der Waals surface area contributed by atoms with E-state index in [1.165, 1.54) is 18.6 Å². The van der Waals surface area contributed by atoms with E-state index in [1.54, 1.807) is 24.5 Å². The third kappa shape index (κ3) is 3.29. The quantitative estimate of drug-likeness (QED) is 0.838. The van der Waals surface area contributed by atoms with Gasteiger partial charge in [0.1, 0.15) is 5.82 Å². The molecule has 1 saturated carbocycles.